The molecule has 1 N–H and O–H groups in total. The third kappa shape index (κ3) is 3.97. The highest BCUT2D eigenvalue weighted by atomic mass is 35.5. The van der Waals surface area contributed by atoms with Crippen molar-refractivity contribution in [3.05, 3.63) is 77.1 Å². The Bertz CT molecular complexity index is 998. The molecule has 0 unspecified atom stereocenters. The molecule has 1 fully saturated rings. The lowest BCUT2D eigenvalue weighted by Crippen LogP contribution is -2.17. The van der Waals surface area contributed by atoms with Crippen LogP contribution in [0.1, 0.15) is 29.2 Å². The zero-order valence-corrected chi connectivity index (χ0v) is 15.0. The molecule has 1 aliphatic carbocycles. The third-order valence-electron chi connectivity index (χ3n) is 4.52. The Labute approximate surface area is 161 Å². The average Bonchev–Trinajstić information content (AvgIpc) is 3.29. The first kappa shape index (κ1) is 19.0. The molecule has 0 aliphatic heterocycles. The van der Waals surface area contributed by atoms with Crippen LogP contribution in [0.25, 0.3) is 5.69 Å². The van der Waals surface area contributed by atoms with Crippen molar-refractivity contribution in [1.29, 1.82) is 5.26 Å². The summed E-state index contributed by atoms with van der Waals surface area (Å²) in [5.41, 5.74) is 2.75. The fraction of sp³-hybridized carbons (Fsp3) is 0.211. The fourth-order valence-corrected chi connectivity index (χ4v) is 3.03. The number of hydrogen-bond donors (Lipinski definition) is 1. The Morgan fingerprint density at radius 2 is 2.00 bits per heavy atom. The van der Waals surface area contributed by atoms with Crippen molar-refractivity contribution in [3.8, 4) is 11.8 Å². The number of nitrogens with zero attached hydrogens (tertiary/aromatic N) is 4. The Kier molecular flexibility index (Phi) is 5.49. The molecule has 4 rings (SSSR count). The van der Waals surface area contributed by atoms with E-state index in [9.17, 15) is 14.0 Å². The van der Waals surface area contributed by atoms with Crippen LogP contribution in [0.5, 0.6) is 0 Å². The van der Waals surface area contributed by atoms with E-state index in [0.29, 0.717) is 17.8 Å². The summed E-state index contributed by atoms with van der Waals surface area (Å²) >= 11 is 0. The van der Waals surface area contributed by atoms with Crippen molar-refractivity contribution in [3.63, 3.8) is 0 Å². The monoisotopic (exact) mass is 387 g/mol. The number of rotatable bonds is 5. The van der Waals surface area contributed by atoms with Gasteiger partial charge in [0.1, 0.15) is 6.07 Å². The van der Waals surface area contributed by atoms with Gasteiger partial charge in [-0.1, -0.05) is 23.4 Å². The first-order valence-electron chi connectivity index (χ1n) is 8.25. The molecule has 0 spiro atoms. The van der Waals surface area contributed by atoms with Crippen LogP contribution in [-0.4, -0.2) is 21.0 Å². The molecule has 0 radical (unpaired) electrons. The zero-order valence-electron chi connectivity index (χ0n) is 14.1. The summed E-state index contributed by atoms with van der Waals surface area (Å²) < 4.78 is 27.9. The van der Waals surface area contributed by atoms with E-state index >= 15 is 0 Å². The molecule has 8 heteroatoms. The molecule has 1 heterocycles. The van der Waals surface area contributed by atoms with Gasteiger partial charge in [0.25, 0.3) is 0 Å². The minimum atomic E-state index is -0.826. The summed E-state index contributed by atoms with van der Waals surface area (Å²) in [4.78, 5) is 0. The number of nitriles is 1. The van der Waals surface area contributed by atoms with Gasteiger partial charge in [-0.05, 0) is 36.2 Å². The van der Waals surface area contributed by atoms with Crippen LogP contribution < -0.4 is 5.32 Å². The smallest absolute Gasteiger partial charge is 0.159 e. The van der Waals surface area contributed by atoms with Crippen LogP contribution in [0, 0.1) is 23.0 Å². The first-order valence-corrected chi connectivity index (χ1v) is 8.25. The molecule has 1 aliphatic rings. The van der Waals surface area contributed by atoms with Gasteiger partial charge in [-0.3, -0.25) is 0 Å². The Balaban J connectivity index is 0.00000210. The van der Waals surface area contributed by atoms with Crippen molar-refractivity contribution in [2.24, 2.45) is 0 Å². The molecule has 2 atom stereocenters. The summed E-state index contributed by atoms with van der Waals surface area (Å²) in [6, 6.07) is 13.6. The maximum Gasteiger partial charge on any atom is 0.159 e. The van der Waals surface area contributed by atoms with Crippen molar-refractivity contribution in [1.82, 2.24) is 20.3 Å². The van der Waals surface area contributed by atoms with E-state index in [4.69, 9.17) is 0 Å². The molecule has 0 amide bonds. The second-order valence-electron chi connectivity index (χ2n) is 6.29. The predicted molar refractivity (Wildman–Crippen MR) is 97.7 cm³/mol. The SMILES string of the molecule is Cl.N#Cc1ccccc1-n1cc(CN[C@@H]2C[C@H]2c2ccc(F)c(F)c2)nn1. The molecule has 2 aromatic carbocycles. The lowest BCUT2D eigenvalue weighted by atomic mass is 10.1. The van der Waals surface area contributed by atoms with Crippen molar-refractivity contribution >= 4 is 12.4 Å². The van der Waals surface area contributed by atoms with Crippen LogP contribution in [0.15, 0.2) is 48.7 Å². The summed E-state index contributed by atoms with van der Waals surface area (Å²) in [5.74, 6) is -1.46. The average molecular weight is 388 g/mol. The number of benzene rings is 2. The minimum absolute atomic E-state index is 0. The van der Waals surface area contributed by atoms with Gasteiger partial charge in [0.2, 0.25) is 0 Å². The van der Waals surface area contributed by atoms with E-state index < -0.39 is 11.6 Å². The molecule has 0 saturated heterocycles. The van der Waals surface area contributed by atoms with Crippen LogP contribution in [0.3, 0.4) is 0 Å². The van der Waals surface area contributed by atoms with Gasteiger partial charge in [0.15, 0.2) is 11.6 Å². The van der Waals surface area contributed by atoms with Crippen molar-refractivity contribution < 1.29 is 8.78 Å². The maximum atomic E-state index is 13.3. The van der Waals surface area contributed by atoms with Gasteiger partial charge in [-0.2, -0.15) is 5.26 Å². The summed E-state index contributed by atoms with van der Waals surface area (Å²) in [5, 5.41) is 20.7. The van der Waals surface area contributed by atoms with E-state index in [1.54, 1.807) is 29.1 Å². The normalized spacial score (nSPS) is 17.8. The van der Waals surface area contributed by atoms with E-state index in [1.807, 2.05) is 12.1 Å². The van der Waals surface area contributed by atoms with Crippen LogP contribution in [0.4, 0.5) is 8.78 Å². The number of para-hydroxylation sites is 1. The van der Waals surface area contributed by atoms with Gasteiger partial charge in [0, 0.05) is 18.5 Å². The predicted octanol–water partition coefficient (Wildman–Crippen LogP) is 3.48. The lowest BCUT2D eigenvalue weighted by molar-refractivity contribution is 0.506. The Hall–Kier alpha value is -2.82. The standard InChI is InChI=1S/C19H15F2N5.ClH/c20-16-6-5-12(7-17(16)21)15-8-18(15)23-10-14-11-26(25-24-14)19-4-2-1-3-13(19)9-22;/h1-7,11,15,18,23H,8,10H2;1H/t15-,18+;/m0./s1. The zero-order chi connectivity index (χ0) is 18.1. The van der Waals surface area contributed by atoms with Crippen LogP contribution in [0.2, 0.25) is 0 Å². The molecular weight excluding hydrogens is 372 g/mol. The molecule has 138 valence electrons. The summed E-state index contributed by atoms with van der Waals surface area (Å²) in [7, 11) is 0. The van der Waals surface area contributed by atoms with E-state index in [0.717, 1.165) is 23.7 Å². The molecule has 27 heavy (non-hydrogen) atoms. The minimum Gasteiger partial charge on any atom is -0.308 e. The van der Waals surface area contributed by atoms with Gasteiger partial charge < -0.3 is 5.32 Å². The largest absolute Gasteiger partial charge is 0.308 e. The van der Waals surface area contributed by atoms with Crippen molar-refractivity contribution in [2.45, 2.75) is 24.9 Å². The Morgan fingerprint density at radius 1 is 1.19 bits per heavy atom. The molecule has 0 bridgehead atoms. The first-order chi connectivity index (χ1) is 12.7. The second kappa shape index (κ2) is 7.82. The topological polar surface area (TPSA) is 66.5 Å². The fourth-order valence-electron chi connectivity index (χ4n) is 3.03. The highest BCUT2D eigenvalue weighted by Crippen LogP contribution is 2.41. The van der Waals surface area contributed by atoms with Crippen molar-refractivity contribution in [2.75, 3.05) is 0 Å². The lowest BCUT2D eigenvalue weighted by Gasteiger charge is -2.03. The summed E-state index contributed by atoms with van der Waals surface area (Å²) in [6.45, 7) is 0.513. The van der Waals surface area contributed by atoms with Crippen LogP contribution >= 0.6 is 12.4 Å². The highest BCUT2D eigenvalue weighted by Gasteiger charge is 2.38. The van der Waals surface area contributed by atoms with Gasteiger partial charge in [0.05, 0.1) is 23.1 Å². The van der Waals surface area contributed by atoms with E-state index in [1.165, 1.54) is 6.07 Å². The quantitative estimate of drug-likeness (QED) is 0.727. The molecule has 1 saturated carbocycles. The maximum absolute atomic E-state index is 13.3. The van der Waals surface area contributed by atoms with Gasteiger partial charge in [-0.25, -0.2) is 13.5 Å². The van der Waals surface area contributed by atoms with Gasteiger partial charge in [-0.15, -0.1) is 17.5 Å². The molecule has 1 aromatic heterocycles. The van der Waals surface area contributed by atoms with E-state index in [2.05, 4.69) is 21.7 Å². The number of nitrogens with one attached hydrogen (secondary N) is 1. The number of halogens is 3. The highest BCUT2D eigenvalue weighted by molar-refractivity contribution is 5.85. The molecular formula is C19H16ClF2N5. The molecule has 3 aromatic rings. The summed E-state index contributed by atoms with van der Waals surface area (Å²) in [6.07, 6.45) is 2.65. The third-order valence-corrected chi connectivity index (χ3v) is 4.52. The van der Waals surface area contributed by atoms with Gasteiger partial charge >= 0.3 is 0 Å². The van der Waals surface area contributed by atoms with E-state index in [-0.39, 0.29) is 24.4 Å². The van der Waals surface area contributed by atoms with Crippen LogP contribution in [-0.2, 0) is 6.54 Å². The number of hydrogen-bond acceptors (Lipinski definition) is 4. The second-order valence-corrected chi connectivity index (χ2v) is 6.29. The number of aromatic nitrogens is 3. The Morgan fingerprint density at radius 3 is 2.78 bits per heavy atom. The molecule has 5 nitrogen and oxygen atoms in total.